The Hall–Kier alpha value is -4.72. The largest absolute Gasteiger partial charge is 0.496 e. The summed E-state index contributed by atoms with van der Waals surface area (Å²) in [6.07, 6.45) is 11.0. The van der Waals surface area contributed by atoms with Gasteiger partial charge in [-0.1, -0.05) is 82.8 Å². The molecule has 0 amide bonds. The van der Waals surface area contributed by atoms with Crippen LogP contribution in [0.1, 0.15) is 87.4 Å². The number of benzene rings is 4. The fraction of sp³-hybridized carbons (Fsp3) is 0.319. The molecule has 4 aromatic carbocycles. The Bertz CT molecular complexity index is 2420. The predicted molar refractivity (Wildman–Crippen MR) is 242 cm³/mol. The summed E-state index contributed by atoms with van der Waals surface area (Å²) in [7, 11) is 3.08. The van der Waals surface area contributed by atoms with Crippen LogP contribution in [-0.2, 0) is 22.6 Å². The summed E-state index contributed by atoms with van der Waals surface area (Å²) < 4.78 is 26.0. The zero-order valence-electron chi connectivity index (χ0n) is 34.4. The van der Waals surface area contributed by atoms with E-state index in [1.54, 1.807) is 78.8 Å². The van der Waals surface area contributed by atoms with Gasteiger partial charge < -0.3 is 33.2 Å². The Morgan fingerprint density at radius 1 is 0.710 bits per heavy atom. The van der Waals surface area contributed by atoms with Crippen LogP contribution in [0.4, 0.5) is 0 Å². The van der Waals surface area contributed by atoms with E-state index in [0.717, 1.165) is 43.4 Å². The number of methoxy groups -OCH3 is 2. The Balaban J connectivity index is 0.000000211. The van der Waals surface area contributed by atoms with E-state index in [9.17, 15) is 14.7 Å². The normalized spacial score (nSPS) is 14.7. The predicted octanol–water partition coefficient (Wildman–Crippen LogP) is 10.7. The van der Waals surface area contributed by atoms with Gasteiger partial charge in [0.2, 0.25) is 11.6 Å². The van der Waals surface area contributed by atoms with Crippen molar-refractivity contribution >= 4 is 58.0 Å². The van der Waals surface area contributed by atoms with Crippen LogP contribution in [0.25, 0.3) is 0 Å². The number of hydrogen-bond acceptors (Lipinski definition) is 9. The molecule has 7 rings (SSSR count). The van der Waals surface area contributed by atoms with E-state index in [1.165, 1.54) is 7.11 Å². The van der Waals surface area contributed by atoms with Crippen molar-refractivity contribution < 1.29 is 33.6 Å². The number of ketones is 2. The maximum absolute atomic E-state index is 13.3. The third-order valence-corrected chi connectivity index (χ3v) is 12.1. The zero-order valence-corrected chi connectivity index (χ0v) is 37.4. The molecule has 1 fully saturated rings. The number of carbonyl (C=O) groups is 2. The number of para-hydroxylation sites is 2. The van der Waals surface area contributed by atoms with Gasteiger partial charge in [-0.15, -0.1) is 0 Å². The lowest BCUT2D eigenvalue weighted by Crippen LogP contribution is -2.24. The van der Waals surface area contributed by atoms with Crippen LogP contribution in [0.15, 0.2) is 110 Å². The molecule has 0 bridgehead atoms. The SMILES string of the molecule is COc1ccccc1C(=O)c1nccn1CC(CCO)c1ccc(Cl)c(Cl)c1.COc1ccccc1C(=O)c1nccn1CC(CCOC1CCCCO1)c1ccc(Cl)c(Cl)c1. The highest BCUT2D eigenvalue weighted by atomic mass is 35.5. The Kier molecular flexibility index (Phi) is 17.4. The second-order valence-corrected chi connectivity index (χ2v) is 16.2. The van der Waals surface area contributed by atoms with Crippen molar-refractivity contribution in [2.45, 2.75) is 63.3 Å². The van der Waals surface area contributed by atoms with Crippen molar-refractivity contribution in [2.75, 3.05) is 34.0 Å². The average Bonchev–Trinajstić information content (AvgIpc) is 3.97. The van der Waals surface area contributed by atoms with E-state index >= 15 is 0 Å². The number of aliphatic hydroxyl groups is 1. The topological polar surface area (TPSA) is 127 Å². The number of carbonyl (C=O) groups excluding carboxylic acids is 2. The van der Waals surface area contributed by atoms with Gasteiger partial charge in [-0.05, 0) is 91.8 Å². The van der Waals surface area contributed by atoms with Crippen LogP contribution in [0.2, 0.25) is 20.1 Å². The molecular formula is C47H48Cl4N4O7. The first-order chi connectivity index (χ1) is 30.1. The molecule has 6 aromatic rings. The van der Waals surface area contributed by atoms with Crippen molar-refractivity contribution in [2.24, 2.45) is 0 Å². The van der Waals surface area contributed by atoms with Gasteiger partial charge in [-0.3, -0.25) is 9.59 Å². The van der Waals surface area contributed by atoms with Crippen molar-refractivity contribution in [1.29, 1.82) is 0 Å². The number of rotatable bonds is 18. The van der Waals surface area contributed by atoms with Crippen LogP contribution >= 0.6 is 46.4 Å². The van der Waals surface area contributed by atoms with E-state index in [-0.39, 0.29) is 36.3 Å². The van der Waals surface area contributed by atoms with Crippen LogP contribution in [-0.4, -0.2) is 76.1 Å². The third-order valence-electron chi connectivity index (χ3n) is 10.6. The van der Waals surface area contributed by atoms with Crippen LogP contribution in [0.3, 0.4) is 0 Å². The molecule has 15 heteroatoms. The highest BCUT2D eigenvalue weighted by Gasteiger charge is 2.24. The molecule has 2 aromatic heterocycles. The lowest BCUT2D eigenvalue weighted by atomic mass is 9.95. The molecule has 3 atom stereocenters. The maximum atomic E-state index is 13.3. The molecule has 1 aliphatic heterocycles. The molecule has 1 saturated heterocycles. The summed E-state index contributed by atoms with van der Waals surface area (Å²) in [5.41, 5.74) is 2.88. The first-order valence-corrected chi connectivity index (χ1v) is 21.7. The smallest absolute Gasteiger partial charge is 0.232 e. The van der Waals surface area contributed by atoms with E-state index < -0.39 is 0 Å². The molecule has 0 spiro atoms. The monoisotopic (exact) mass is 920 g/mol. The van der Waals surface area contributed by atoms with Crippen LogP contribution in [0, 0.1) is 0 Å². The third kappa shape index (κ3) is 12.0. The van der Waals surface area contributed by atoms with E-state index in [0.29, 0.717) is 80.5 Å². The fourth-order valence-corrected chi connectivity index (χ4v) is 7.92. The quantitative estimate of drug-likeness (QED) is 0.0838. The maximum Gasteiger partial charge on any atom is 0.232 e. The zero-order chi connectivity index (χ0) is 44.0. The first kappa shape index (κ1) is 46.8. The molecule has 0 aliphatic carbocycles. The van der Waals surface area contributed by atoms with Gasteiger partial charge in [0.15, 0.2) is 17.9 Å². The van der Waals surface area contributed by atoms with Gasteiger partial charge in [-0.2, -0.15) is 0 Å². The summed E-state index contributed by atoms with van der Waals surface area (Å²) in [6.45, 7) is 2.28. The summed E-state index contributed by atoms with van der Waals surface area (Å²) in [4.78, 5) is 34.9. The second-order valence-electron chi connectivity index (χ2n) is 14.6. The van der Waals surface area contributed by atoms with Gasteiger partial charge in [0.25, 0.3) is 0 Å². The molecule has 0 saturated carbocycles. The van der Waals surface area contributed by atoms with Gasteiger partial charge >= 0.3 is 0 Å². The standard InChI is InChI=1S/C26H28Cl2N2O4.C21H20Cl2N2O3/c1-32-23-7-3-2-6-20(23)25(31)26-29-12-13-30(26)17-19(18-9-10-21(27)22(28)16-18)11-15-34-24-8-4-5-14-33-24;1-28-19-5-3-2-4-16(19)20(27)21-24-9-10-25(21)13-15(8-11-26)14-6-7-17(22)18(23)12-14/h2-3,6-7,9-10,12-13,16,19,24H,4-5,8,11,14-15,17H2,1H3;2-7,9-10,12,15,26H,8,11,13H2,1H3. The Morgan fingerprint density at radius 3 is 1.66 bits per heavy atom. The van der Waals surface area contributed by atoms with Gasteiger partial charge in [0.1, 0.15) is 11.5 Å². The minimum atomic E-state index is -0.223. The molecule has 0 radical (unpaired) electrons. The highest BCUT2D eigenvalue weighted by Crippen LogP contribution is 2.32. The van der Waals surface area contributed by atoms with Gasteiger partial charge in [0.05, 0.1) is 52.0 Å². The molecular weight excluding hydrogens is 874 g/mol. The molecule has 3 unspecified atom stereocenters. The number of imidazole rings is 2. The molecule has 3 heterocycles. The molecule has 11 nitrogen and oxygen atoms in total. The van der Waals surface area contributed by atoms with Crippen molar-refractivity contribution in [3.63, 3.8) is 0 Å². The second kappa shape index (κ2) is 23.1. The minimum absolute atomic E-state index is 0.00932. The molecule has 62 heavy (non-hydrogen) atoms. The fourth-order valence-electron chi connectivity index (χ4n) is 7.31. The van der Waals surface area contributed by atoms with Crippen molar-refractivity contribution in [1.82, 2.24) is 19.1 Å². The van der Waals surface area contributed by atoms with Crippen LogP contribution in [0.5, 0.6) is 11.5 Å². The highest BCUT2D eigenvalue weighted by molar-refractivity contribution is 6.42. The van der Waals surface area contributed by atoms with Crippen molar-refractivity contribution in [3.8, 4) is 11.5 Å². The lowest BCUT2D eigenvalue weighted by molar-refractivity contribution is -0.163. The van der Waals surface area contributed by atoms with Gasteiger partial charge in [-0.25, -0.2) is 9.97 Å². The van der Waals surface area contributed by atoms with E-state index in [4.69, 9.17) is 65.4 Å². The Labute approximate surface area is 381 Å². The Morgan fingerprint density at radius 2 is 1.21 bits per heavy atom. The number of aromatic nitrogens is 4. The molecule has 326 valence electrons. The summed E-state index contributed by atoms with van der Waals surface area (Å²) in [5.74, 6) is 1.23. The van der Waals surface area contributed by atoms with Crippen LogP contribution < -0.4 is 9.47 Å². The lowest BCUT2D eigenvalue weighted by Gasteiger charge is -2.25. The summed E-state index contributed by atoms with van der Waals surface area (Å²) in [5, 5.41) is 11.4. The molecule has 1 N–H and O–H groups in total. The molecule has 1 aliphatic rings. The number of halogens is 4. The number of ether oxygens (including phenoxy) is 4. The van der Waals surface area contributed by atoms with E-state index in [1.807, 2.05) is 47.2 Å². The van der Waals surface area contributed by atoms with E-state index in [2.05, 4.69) is 9.97 Å². The summed E-state index contributed by atoms with van der Waals surface area (Å²) >= 11 is 24.6. The minimum Gasteiger partial charge on any atom is -0.496 e. The first-order valence-electron chi connectivity index (χ1n) is 20.2. The average molecular weight is 923 g/mol. The number of aliphatic hydroxyl groups excluding tert-OH is 1. The van der Waals surface area contributed by atoms with Crippen molar-refractivity contribution in [3.05, 3.63) is 164 Å². The number of nitrogens with zero attached hydrogens (tertiary/aromatic N) is 4. The van der Waals surface area contributed by atoms with Gasteiger partial charge in [0, 0.05) is 62.9 Å². The summed E-state index contributed by atoms with van der Waals surface area (Å²) in [6, 6.07) is 25.3. The number of hydrogen-bond donors (Lipinski definition) is 1.